The number of piperidine rings is 1. The van der Waals surface area contributed by atoms with Crippen LogP contribution in [0.25, 0.3) is 10.9 Å². The number of carbonyl (C=O) groups is 1. The van der Waals surface area contributed by atoms with Gasteiger partial charge < -0.3 is 4.90 Å². The van der Waals surface area contributed by atoms with Crippen molar-refractivity contribution in [1.82, 2.24) is 14.6 Å². The average molecular weight is 347 g/mol. The van der Waals surface area contributed by atoms with Crippen molar-refractivity contribution >= 4 is 26.8 Å². The summed E-state index contributed by atoms with van der Waals surface area (Å²) in [6, 6.07) is 9.47. The third-order valence-electron chi connectivity index (χ3n) is 4.21. The molecule has 1 saturated heterocycles. The van der Waals surface area contributed by atoms with Gasteiger partial charge in [0.1, 0.15) is 0 Å². The number of carbonyl (C=O) groups excluding carboxylic acids is 1. The zero-order valence-electron chi connectivity index (χ0n) is 13.6. The Morgan fingerprint density at radius 3 is 2.92 bits per heavy atom. The van der Waals surface area contributed by atoms with E-state index >= 15 is 0 Å². The van der Waals surface area contributed by atoms with E-state index in [9.17, 15) is 13.2 Å². The number of hydrogen-bond donors (Lipinski definition) is 1. The molecule has 128 valence electrons. The van der Waals surface area contributed by atoms with Gasteiger partial charge in [-0.25, -0.2) is 13.1 Å². The maximum Gasteiger partial charge on any atom is 0.227 e. The van der Waals surface area contributed by atoms with Gasteiger partial charge in [0, 0.05) is 30.7 Å². The molecule has 1 unspecified atom stereocenters. The molecule has 24 heavy (non-hydrogen) atoms. The minimum Gasteiger partial charge on any atom is -0.341 e. The lowest BCUT2D eigenvalue weighted by molar-refractivity contribution is -0.131. The molecule has 1 aliphatic heterocycles. The smallest absolute Gasteiger partial charge is 0.227 e. The molecule has 1 N–H and O–H groups in total. The van der Waals surface area contributed by atoms with Gasteiger partial charge in [-0.3, -0.25) is 9.78 Å². The molecule has 1 aromatic carbocycles. The van der Waals surface area contributed by atoms with E-state index in [4.69, 9.17) is 0 Å². The van der Waals surface area contributed by atoms with Gasteiger partial charge in [0.2, 0.25) is 15.9 Å². The quantitative estimate of drug-likeness (QED) is 0.905. The second kappa shape index (κ2) is 6.86. The van der Waals surface area contributed by atoms with E-state index in [1.165, 1.54) is 0 Å². The molecule has 2 heterocycles. The van der Waals surface area contributed by atoms with Crippen LogP contribution in [0.2, 0.25) is 0 Å². The fourth-order valence-corrected chi connectivity index (χ4v) is 3.99. The highest BCUT2D eigenvalue weighted by atomic mass is 32.2. The van der Waals surface area contributed by atoms with Crippen LogP contribution >= 0.6 is 0 Å². The van der Waals surface area contributed by atoms with Crippen LogP contribution in [0, 0.1) is 0 Å². The highest BCUT2D eigenvalue weighted by molar-refractivity contribution is 7.88. The monoisotopic (exact) mass is 347 g/mol. The van der Waals surface area contributed by atoms with Crippen molar-refractivity contribution in [1.29, 1.82) is 0 Å². The Morgan fingerprint density at radius 1 is 1.33 bits per heavy atom. The predicted molar refractivity (Wildman–Crippen MR) is 93.0 cm³/mol. The van der Waals surface area contributed by atoms with Crippen LogP contribution in [0.15, 0.2) is 36.5 Å². The average Bonchev–Trinajstić information content (AvgIpc) is 2.54. The minimum absolute atomic E-state index is 0.00755. The maximum absolute atomic E-state index is 12.6. The SMILES string of the molecule is CS(=O)(=O)NC1CCCN(C(=O)Cc2cccc3cccnc23)C1. The standard InChI is InChI=1S/C17H21N3O3S/c1-24(22,23)19-15-8-4-10-20(12-15)16(21)11-14-6-2-5-13-7-3-9-18-17(13)14/h2-3,5-7,9,15,19H,4,8,10-12H2,1H3. The fourth-order valence-electron chi connectivity index (χ4n) is 3.19. The molecule has 0 radical (unpaired) electrons. The Morgan fingerprint density at radius 2 is 2.12 bits per heavy atom. The van der Waals surface area contributed by atoms with Gasteiger partial charge in [-0.1, -0.05) is 24.3 Å². The van der Waals surface area contributed by atoms with Crippen LogP contribution in [0.1, 0.15) is 18.4 Å². The zero-order valence-corrected chi connectivity index (χ0v) is 14.4. The molecule has 1 atom stereocenters. The number of pyridine rings is 1. The molecule has 2 aromatic rings. The number of sulfonamides is 1. The van der Waals surface area contributed by atoms with E-state index in [2.05, 4.69) is 9.71 Å². The van der Waals surface area contributed by atoms with Gasteiger partial charge in [-0.05, 0) is 24.5 Å². The zero-order chi connectivity index (χ0) is 17.2. The van der Waals surface area contributed by atoms with Crippen molar-refractivity contribution < 1.29 is 13.2 Å². The topological polar surface area (TPSA) is 79.4 Å². The number of aromatic nitrogens is 1. The highest BCUT2D eigenvalue weighted by Gasteiger charge is 2.25. The minimum atomic E-state index is -3.26. The second-order valence-corrected chi connectivity index (χ2v) is 8.02. The summed E-state index contributed by atoms with van der Waals surface area (Å²) in [4.78, 5) is 18.8. The first-order chi connectivity index (χ1) is 11.4. The van der Waals surface area contributed by atoms with Gasteiger partial charge in [0.25, 0.3) is 0 Å². The number of likely N-dealkylation sites (tertiary alicyclic amines) is 1. The molecular weight excluding hydrogens is 326 g/mol. The Kier molecular flexibility index (Phi) is 4.82. The molecule has 3 rings (SSSR count). The molecule has 0 bridgehead atoms. The molecular formula is C17H21N3O3S. The van der Waals surface area contributed by atoms with Crippen molar-refractivity contribution in [3.8, 4) is 0 Å². The van der Waals surface area contributed by atoms with Gasteiger partial charge in [0.15, 0.2) is 0 Å². The molecule has 6 nitrogen and oxygen atoms in total. The number of para-hydroxylation sites is 1. The highest BCUT2D eigenvalue weighted by Crippen LogP contribution is 2.18. The molecule has 1 aromatic heterocycles. The molecule has 1 aliphatic rings. The molecule has 7 heteroatoms. The summed E-state index contributed by atoms with van der Waals surface area (Å²) in [6.07, 6.45) is 4.71. The maximum atomic E-state index is 12.6. The number of hydrogen-bond acceptors (Lipinski definition) is 4. The van der Waals surface area contributed by atoms with Crippen molar-refractivity contribution in [2.45, 2.75) is 25.3 Å². The Labute approximate surface area is 141 Å². The molecule has 0 saturated carbocycles. The van der Waals surface area contributed by atoms with Crippen LogP contribution in [0.4, 0.5) is 0 Å². The van der Waals surface area contributed by atoms with E-state index < -0.39 is 10.0 Å². The van der Waals surface area contributed by atoms with Gasteiger partial charge in [-0.15, -0.1) is 0 Å². The summed E-state index contributed by atoms with van der Waals surface area (Å²) in [5.41, 5.74) is 1.74. The van der Waals surface area contributed by atoms with E-state index in [0.717, 1.165) is 35.6 Å². The number of nitrogens with one attached hydrogen (secondary N) is 1. The summed E-state index contributed by atoms with van der Waals surface area (Å²) in [5.74, 6) is 0.00755. The van der Waals surface area contributed by atoms with Crippen LogP contribution in [0.5, 0.6) is 0 Å². The lowest BCUT2D eigenvalue weighted by atomic mass is 10.0. The summed E-state index contributed by atoms with van der Waals surface area (Å²) >= 11 is 0. The largest absolute Gasteiger partial charge is 0.341 e. The van der Waals surface area contributed by atoms with E-state index in [1.807, 2.05) is 30.3 Å². The third-order valence-corrected chi connectivity index (χ3v) is 4.97. The Hall–Kier alpha value is -1.99. The predicted octanol–water partition coefficient (Wildman–Crippen LogP) is 1.32. The fraction of sp³-hybridized carbons (Fsp3) is 0.412. The second-order valence-electron chi connectivity index (χ2n) is 6.24. The molecule has 1 fully saturated rings. The van der Waals surface area contributed by atoms with Crippen LogP contribution < -0.4 is 4.72 Å². The number of nitrogens with zero attached hydrogens (tertiary/aromatic N) is 2. The normalized spacial score (nSPS) is 18.7. The van der Waals surface area contributed by atoms with Crippen molar-refractivity contribution in [2.75, 3.05) is 19.3 Å². The first kappa shape index (κ1) is 16.9. The lowest BCUT2D eigenvalue weighted by Crippen LogP contribution is -2.49. The molecule has 1 amide bonds. The van der Waals surface area contributed by atoms with Crippen LogP contribution in [-0.4, -0.2) is 49.6 Å². The first-order valence-corrected chi connectivity index (χ1v) is 9.89. The molecule has 0 aliphatic carbocycles. The molecule has 0 spiro atoms. The van der Waals surface area contributed by atoms with Gasteiger partial charge in [0.05, 0.1) is 18.2 Å². The van der Waals surface area contributed by atoms with Crippen LogP contribution in [-0.2, 0) is 21.2 Å². The number of rotatable bonds is 4. The first-order valence-electron chi connectivity index (χ1n) is 8.00. The van der Waals surface area contributed by atoms with E-state index in [1.54, 1.807) is 11.1 Å². The van der Waals surface area contributed by atoms with Crippen molar-refractivity contribution in [3.63, 3.8) is 0 Å². The number of fused-ring (bicyclic) bond motifs is 1. The summed E-state index contributed by atoms with van der Waals surface area (Å²) < 4.78 is 25.4. The third kappa shape index (κ3) is 4.10. The Bertz CT molecular complexity index is 846. The Balaban J connectivity index is 1.72. The van der Waals surface area contributed by atoms with Crippen molar-refractivity contribution in [2.24, 2.45) is 0 Å². The number of amides is 1. The summed E-state index contributed by atoms with van der Waals surface area (Å²) in [6.45, 7) is 1.09. The summed E-state index contributed by atoms with van der Waals surface area (Å²) in [5, 5.41) is 1.01. The van der Waals surface area contributed by atoms with Gasteiger partial charge >= 0.3 is 0 Å². The van der Waals surface area contributed by atoms with Crippen molar-refractivity contribution in [3.05, 3.63) is 42.1 Å². The number of benzene rings is 1. The summed E-state index contributed by atoms with van der Waals surface area (Å²) in [7, 11) is -3.26. The lowest BCUT2D eigenvalue weighted by Gasteiger charge is -2.33. The van der Waals surface area contributed by atoms with E-state index in [-0.39, 0.29) is 18.4 Å². The van der Waals surface area contributed by atoms with E-state index in [0.29, 0.717) is 13.1 Å². The van der Waals surface area contributed by atoms with Crippen LogP contribution in [0.3, 0.4) is 0 Å². The van der Waals surface area contributed by atoms with Gasteiger partial charge in [-0.2, -0.15) is 0 Å².